The van der Waals surface area contributed by atoms with Gasteiger partial charge in [-0.3, -0.25) is 4.98 Å². The summed E-state index contributed by atoms with van der Waals surface area (Å²) in [6, 6.07) is 20.8. The van der Waals surface area contributed by atoms with Gasteiger partial charge in [-0.05, 0) is 79.3 Å². The molecule has 2 aromatic heterocycles. The highest BCUT2D eigenvalue weighted by Crippen LogP contribution is 2.43. The number of hydrogen-bond donors (Lipinski definition) is 1. The maximum atomic E-state index is 14.0. The largest absolute Gasteiger partial charge is 0.465 e. The second kappa shape index (κ2) is 9.31. The van der Waals surface area contributed by atoms with E-state index >= 15 is 0 Å². The standard InChI is InChI=1S/C27H22FN3O3S/c1-16-15-19(10-11-20(16)28)31-25(24(30-27(31)35)21-5-3-4-14-29-21)23-13-12-22(34-23)17-6-8-18(9-7-17)26(32)33-2/h3-15,24-25H,1-2H3,(H,30,35)/t24-,25+/m1/s1. The molecule has 8 heteroatoms. The summed E-state index contributed by atoms with van der Waals surface area (Å²) in [6.45, 7) is 1.72. The number of thiocarbonyl (C=S) groups is 1. The van der Waals surface area contributed by atoms with Crippen LogP contribution in [0.2, 0.25) is 0 Å². The van der Waals surface area contributed by atoms with Crippen molar-refractivity contribution in [3.63, 3.8) is 0 Å². The molecule has 0 saturated carbocycles. The third-order valence-electron chi connectivity index (χ3n) is 6.03. The molecule has 0 aliphatic carbocycles. The van der Waals surface area contributed by atoms with Gasteiger partial charge in [0.15, 0.2) is 5.11 Å². The third kappa shape index (κ3) is 4.28. The number of methoxy groups -OCH3 is 1. The van der Waals surface area contributed by atoms with Crippen LogP contribution in [0.5, 0.6) is 0 Å². The van der Waals surface area contributed by atoms with E-state index in [2.05, 4.69) is 10.3 Å². The van der Waals surface area contributed by atoms with Gasteiger partial charge >= 0.3 is 5.97 Å². The number of aryl methyl sites for hydroxylation is 1. The van der Waals surface area contributed by atoms with E-state index in [1.807, 2.05) is 47.4 Å². The van der Waals surface area contributed by atoms with Crippen LogP contribution < -0.4 is 10.2 Å². The van der Waals surface area contributed by atoms with Crippen molar-refractivity contribution in [2.45, 2.75) is 19.0 Å². The Balaban J connectivity index is 1.55. The molecule has 1 fully saturated rings. The van der Waals surface area contributed by atoms with Gasteiger partial charge in [0.25, 0.3) is 0 Å². The minimum Gasteiger partial charge on any atom is -0.465 e. The van der Waals surface area contributed by atoms with Gasteiger partial charge in [0.05, 0.1) is 24.4 Å². The van der Waals surface area contributed by atoms with E-state index in [1.54, 1.807) is 37.4 Å². The molecule has 4 aromatic rings. The lowest BCUT2D eigenvalue weighted by atomic mass is 10.0. The number of nitrogens with zero attached hydrogens (tertiary/aromatic N) is 2. The number of anilines is 1. The number of benzene rings is 2. The van der Waals surface area contributed by atoms with Crippen LogP contribution in [0.15, 0.2) is 83.4 Å². The quantitative estimate of drug-likeness (QED) is 0.284. The molecule has 1 aliphatic heterocycles. The average molecular weight is 488 g/mol. The molecule has 0 unspecified atom stereocenters. The van der Waals surface area contributed by atoms with Gasteiger partial charge in [-0.25, -0.2) is 9.18 Å². The minimum atomic E-state index is -0.398. The second-order valence-electron chi connectivity index (χ2n) is 8.20. The fraction of sp³-hybridized carbons (Fsp3) is 0.148. The lowest BCUT2D eigenvalue weighted by Crippen LogP contribution is -2.29. The molecule has 0 amide bonds. The molecule has 1 N–H and O–H groups in total. The first kappa shape index (κ1) is 22.7. The van der Waals surface area contributed by atoms with Crippen LogP contribution in [0, 0.1) is 12.7 Å². The number of carbonyl (C=O) groups is 1. The molecule has 0 spiro atoms. The predicted molar refractivity (Wildman–Crippen MR) is 135 cm³/mol. The molecule has 35 heavy (non-hydrogen) atoms. The molecule has 1 saturated heterocycles. The highest BCUT2D eigenvalue weighted by Gasteiger charge is 2.42. The van der Waals surface area contributed by atoms with Crippen molar-refractivity contribution in [3.8, 4) is 11.3 Å². The number of carbonyl (C=O) groups excluding carboxylic acids is 1. The summed E-state index contributed by atoms with van der Waals surface area (Å²) in [4.78, 5) is 18.2. The summed E-state index contributed by atoms with van der Waals surface area (Å²) in [5, 5.41) is 3.86. The second-order valence-corrected chi connectivity index (χ2v) is 8.59. The molecular formula is C27H22FN3O3S. The Kier molecular flexibility index (Phi) is 6.05. The Bertz CT molecular complexity index is 1390. The molecule has 1 aliphatic rings. The van der Waals surface area contributed by atoms with Crippen LogP contribution >= 0.6 is 12.2 Å². The van der Waals surface area contributed by atoms with Gasteiger partial charge in [0, 0.05) is 17.4 Å². The van der Waals surface area contributed by atoms with E-state index in [4.69, 9.17) is 21.4 Å². The molecule has 3 heterocycles. The van der Waals surface area contributed by atoms with Gasteiger partial charge in [-0.2, -0.15) is 0 Å². The first-order valence-corrected chi connectivity index (χ1v) is 11.4. The van der Waals surface area contributed by atoms with Crippen molar-refractivity contribution in [1.29, 1.82) is 0 Å². The number of ether oxygens (including phenoxy) is 1. The van der Waals surface area contributed by atoms with Crippen LogP contribution in [0.3, 0.4) is 0 Å². The van der Waals surface area contributed by atoms with E-state index in [-0.39, 0.29) is 17.9 Å². The zero-order valence-electron chi connectivity index (χ0n) is 19.1. The van der Waals surface area contributed by atoms with E-state index < -0.39 is 5.97 Å². The number of esters is 1. The summed E-state index contributed by atoms with van der Waals surface area (Å²) in [7, 11) is 1.35. The number of pyridine rings is 1. The number of rotatable bonds is 5. The lowest BCUT2D eigenvalue weighted by molar-refractivity contribution is 0.0600. The van der Waals surface area contributed by atoms with Crippen molar-refractivity contribution in [2.24, 2.45) is 0 Å². The topological polar surface area (TPSA) is 67.6 Å². The maximum absolute atomic E-state index is 14.0. The third-order valence-corrected chi connectivity index (χ3v) is 6.34. The molecule has 5 rings (SSSR count). The van der Waals surface area contributed by atoms with Crippen molar-refractivity contribution in [3.05, 3.63) is 107 Å². The van der Waals surface area contributed by atoms with Crippen molar-refractivity contribution >= 4 is 29.0 Å². The van der Waals surface area contributed by atoms with E-state index in [1.165, 1.54) is 13.2 Å². The van der Waals surface area contributed by atoms with Crippen LogP contribution in [-0.4, -0.2) is 23.2 Å². The first-order chi connectivity index (χ1) is 17.0. The maximum Gasteiger partial charge on any atom is 0.337 e. The average Bonchev–Trinajstić information content (AvgIpc) is 3.50. The number of hydrogen-bond acceptors (Lipinski definition) is 5. The SMILES string of the molecule is COC(=O)c1ccc(-c2ccc([C@H]3[C@@H](c4ccccn4)NC(=S)N3c3ccc(F)c(C)c3)o2)cc1. The Morgan fingerprint density at radius 3 is 2.60 bits per heavy atom. The van der Waals surface area contributed by atoms with Crippen LogP contribution in [0.1, 0.15) is 39.5 Å². The summed E-state index contributed by atoms with van der Waals surface area (Å²) >= 11 is 5.71. The van der Waals surface area contributed by atoms with Gasteiger partial charge in [-0.15, -0.1) is 0 Å². The molecular weight excluding hydrogens is 465 g/mol. The van der Waals surface area contributed by atoms with Crippen molar-refractivity contribution in [1.82, 2.24) is 10.3 Å². The zero-order chi connectivity index (χ0) is 24.5. The summed E-state index contributed by atoms with van der Waals surface area (Å²) in [6.07, 6.45) is 1.73. The molecule has 2 aromatic carbocycles. The Morgan fingerprint density at radius 1 is 1.11 bits per heavy atom. The molecule has 176 valence electrons. The summed E-state index contributed by atoms with van der Waals surface area (Å²) in [5.41, 5.74) is 3.36. The lowest BCUT2D eigenvalue weighted by Gasteiger charge is -2.26. The Hall–Kier alpha value is -4.04. The Labute approximate surface area is 207 Å². The number of halogens is 1. The van der Waals surface area contributed by atoms with Crippen LogP contribution in [0.4, 0.5) is 10.1 Å². The summed E-state index contributed by atoms with van der Waals surface area (Å²) < 4.78 is 25.1. The molecule has 2 atom stereocenters. The van der Waals surface area contributed by atoms with Gasteiger partial charge in [0.1, 0.15) is 23.4 Å². The van der Waals surface area contributed by atoms with Crippen molar-refractivity contribution in [2.75, 3.05) is 12.0 Å². The highest BCUT2D eigenvalue weighted by molar-refractivity contribution is 7.80. The van der Waals surface area contributed by atoms with E-state index in [0.29, 0.717) is 27.8 Å². The molecule has 0 bridgehead atoms. The normalized spacial score (nSPS) is 17.3. The smallest absolute Gasteiger partial charge is 0.337 e. The monoisotopic (exact) mass is 487 g/mol. The van der Waals surface area contributed by atoms with Gasteiger partial charge < -0.3 is 19.4 Å². The van der Waals surface area contributed by atoms with Crippen molar-refractivity contribution < 1.29 is 18.3 Å². The number of aromatic nitrogens is 1. The first-order valence-electron chi connectivity index (χ1n) is 11.0. The number of furan rings is 1. The fourth-order valence-electron chi connectivity index (χ4n) is 4.26. The van der Waals surface area contributed by atoms with E-state index in [9.17, 15) is 9.18 Å². The van der Waals surface area contributed by atoms with Crippen LogP contribution in [0.25, 0.3) is 11.3 Å². The predicted octanol–water partition coefficient (Wildman–Crippen LogP) is 5.75. The number of nitrogens with one attached hydrogen (secondary N) is 1. The Morgan fingerprint density at radius 2 is 1.91 bits per heavy atom. The highest BCUT2D eigenvalue weighted by atomic mass is 32.1. The molecule has 6 nitrogen and oxygen atoms in total. The van der Waals surface area contributed by atoms with E-state index in [0.717, 1.165) is 16.9 Å². The van der Waals surface area contributed by atoms with Gasteiger partial charge in [0.2, 0.25) is 0 Å². The zero-order valence-corrected chi connectivity index (χ0v) is 19.9. The fourth-order valence-corrected chi connectivity index (χ4v) is 4.60. The van der Waals surface area contributed by atoms with Gasteiger partial charge in [-0.1, -0.05) is 18.2 Å². The minimum absolute atomic E-state index is 0.277. The summed E-state index contributed by atoms with van der Waals surface area (Å²) in [5.74, 6) is 0.636. The van der Waals surface area contributed by atoms with Crippen LogP contribution in [-0.2, 0) is 4.74 Å². The molecule has 0 radical (unpaired) electrons.